The lowest BCUT2D eigenvalue weighted by atomic mass is 10.0. The van der Waals surface area contributed by atoms with Crippen molar-refractivity contribution in [2.24, 2.45) is 0 Å². The van der Waals surface area contributed by atoms with Crippen LogP contribution in [0.2, 0.25) is 0 Å². The Kier molecular flexibility index (Phi) is 3.62. The maximum absolute atomic E-state index is 4.64. The summed E-state index contributed by atoms with van der Waals surface area (Å²) in [6.45, 7) is 9.74. The van der Waals surface area contributed by atoms with Crippen LogP contribution in [0.25, 0.3) is 0 Å². The highest BCUT2D eigenvalue weighted by atomic mass is 32.1. The minimum Gasteiger partial charge on any atom is -0.315 e. The minimum absolute atomic E-state index is 0.252. The molecule has 0 radical (unpaired) electrons. The third-order valence-electron chi connectivity index (χ3n) is 3.13. The molecule has 0 aliphatic carbocycles. The minimum atomic E-state index is 0.252. The monoisotopic (exact) mass is 239 g/mol. The van der Waals surface area contributed by atoms with Gasteiger partial charge < -0.3 is 10.6 Å². The number of rotatable bonds is 4. The average molecular weight is 239 g/mol. The fourth-order valence-electron chi connectivity index (χ4n) is 1.94. The summed E-state index contributed by atoms with van der Waals surface area (Å²) in [5.41, 5.74) is 1.43. The van der Waals surface area contributed by atoms with E-state index in [2.05, 4.69) is 41.8 Å². The van der Waals surface area contributed by atoms with Gasteiger partial charge in [0.2, 0.25) is 0 Å². The van der Waals surface area contributed by atoms with Gasteiger partial charge in [0.25, 0.3) is 0 Å². The maximum atomic E-state index is 4.64. The lowest BCUT2D eigenvalue weighted by Crippen LogP contribution is -2.43. The molecule has 2 rings (SSSR count). The molecule has 1 atom stereocenters. The average Bonchev–Trinajstić information content (AvgIpc) is 2.84. The van der Waals surface area contributed by atoms with Crippen molar-refractivity contribution in [3.05, 3.63) is 16.1 Å². The summed E-state index contributed by atoms with van der Waals surface area (Å²) in [6.07, 6.45) is 1.20. The molecule has 3 nitrogen and oxygen atoms in total. The molecular formula is C12H21N3S. The third-order valence-corrected chi connectivity index (χ3v) is 4.32. The maximum Gasteiger partial charge on any atom is 0.0954 e. The SMILES string of the molecule is CC(C)c1nc(CNC2(C)CCNC2)cs1. The van der Waals surface area contributed by atoms with Crippen molar-refractivity contribution in [3.63, 3.8) is 0 Å². The molecule has 1 aliphatic heterocycles. The molecule has 1 aromatic heterocycles. The Balaban J connectivity index is 1.89. The van der Waals surface area contributed by atoms with E-state index in [9.17, 15) is 0 Å². The van der Waals surface area contributed by atoms with Crippen molar-refractivity contribution < 1.29 is 0 Å². The molecule has 0 bridgehead atoms. The Labute approximate surface area is 102 Å². The van der Waals surface area contributed by atoms with Crippen LogP contribution in [-0.4, -0.2) is 23.6 Å². The van der Waals surface area contributed by atoms with Crippen LogP contribution < -0.4 is 10.6 Å². The van der Waals surface area contributed by atoms with E-state index in [0.717, 1.165) is 19.6 Å². The van der Waals surface area contributed by atoms with Crippen LogP contribution in [0.4, 0.5) is 0 Å². The summed E-state index contributed by atoms with van der Waals surface area (Å²) in [4.78, 5) is 4.64. The molecule has 1 aliphatic rings. The number of nitrogens with one attached hydrogen (secondary N) is 2. The molecular weight excluding hydrogens is 218 g/mol. The molecule has 0 amide bonds. The molecule has 2 N–H and O–H groups in total. The van der Waals surface area contributed by atoms with E-state index in [1.165, 1.54) is 17.1 Å². The fraction of sp³-hybridized carbons (Fsp3) is 0.750. The van der Waals surface area contributed by atoms with E-state index in [0.29, 0.717) is 5.92 Å². The summed E-state index contributed by atoms with van der Waals surface area (Å²) >= 11 is 1.77. The van der Waals surface area contributed by atoms with Gasteiger partial charge in [-0.15, -0.1) is 11.3 Å². The number of hydrogen-bond acceptors (Lipinski definition) is 4. The van der Waals surface area contributed by atoms with E-state index in [1.807, 2.05) is 0 Å². The smallest absolute Gasteiger partial charge is 0.0954 e. The van der Waals surface area contributed by atoms with Gasteiger partial charge in [-0.25, -0.2) is 4.98 Å². The lowest BCUT2D eigenvalue weighted by Gasteiger charge is -2.23. The van der Waals surface area contributed by atoms with Crippen molar-refractivity contribution in [3.8, 4) is 0 Å². The largest absolute Gasteiger partial charge is 0.315 e. The Morgan fingerprint density at radius 3 is 3.00 bits per heavy atom. The van der Waals surface area contributed by atoms with Crippen LogP contribution in [0.1, 0.15) is 43.8 Å². The Morgan fingerprint density at radius 1 is 1.62 bits per heavy atom. The van der Waals surface area contributed by atoms with E-state index < -0.39 is 0 Å². The molecule has 0 aromatic carbocycles. The van der Waals surface area contributed by atoms with Crippen LogP contribution in [-0.2, 0) is 6.54 Å². The van der Waals surface area contributed by atoms with E-state index in [4.69, 9.17) is 0 Å². The Hall–Kier alpha value is -0.450. The number of thiazole rings is 1. The van der Waals surface area contributed by atoms with Gasteiger partial charge in [0.05, 0.1) is 10.7 Å². The first-order valence-corrected chi connectivity index (χ1v) is 6.87. The van der Waals surface area contributed by atoms with Crippen LogP contribution in [0.15, 0.2) is 5.38 Å². The molecule has 2 heterocycles. The highest BCUT2D eigenvalue weighted by Gasteiger charge is 2.27. The fourth-order valence-corrected chi connectivity index (χ4v) is 2.78. The van der Waals surface area contributed by atoms with E-state index in [-0.39, 0.29) is 5.54 Å². The van der Waals surface area contributed by atoms with Crippen LogP contribution in [0, 0.1) is 0 Å². The standard InChI is InChI=1S/C12H21N3S/c1-9(2)11-15-10(7-16-11)6-14-12(3)4-5-13-8-12/h7,9,13-14H,4-6,8H2,1-3H3. The third kappa shape index (κ3) is 2.81. The summed E-state index contributed by atoms with van der Waals surface area (Å²) < 4.78 is 0. The van der Waals surface area contributed by atoms with Crippen LogP contribution in [0.3, 0.4) is 0 Å². The second kappa shape index (κ2) is 4.82. The lowest BCUT2D eigenvalue weighted by molar-refractivity contribution is 0.383. The van der Waals surface area contributed by atoms with Gasteiger partial charge in [0.1, 0.15) is 0 Å². The number of nitrogens with zero attached hydrogens (tertiary/aromatic N) is 1. The van der Waals surface area contributed by atoms with E-state index in [1.54, 1.807) is 11.3 Å². The molecule has 4 heteroatoms. The normalized spacial score (nSPS) is 25.5. The van der Waals surface area contributed by atoms with Gasteiger partial charge in [0, 0.05) is 29.9 Å². The molecule has 1 saturated heterocycles. The van der Waals surface area contributed by atoms with Crippen molar-refractivity contribution in [1.82, 2.24) is 15.6 Å². The molecule has 0 spiro atoms. The van der Waals surface area contributed by atoms with Gasteiger partial charge in [-0.2, -0.15) is 0 Å². The van der Waals surface area contributed by atoms with Gasteiger partial charge in [0.15, 0.2) is 0 Å². The molecule has 0 saturated carbocycles. The number of hydrogen-bond donors (Lipinski definition) is 2. The zero-order chi connectivity index (χ0) is 11.6. The first-order chi connectivity index (χ1) is 7.59. The first-order valence-electron chi connectivity index (χ1n) is 5.99. The zero-order valence-corrected chi connectivity index (χ0v) is 11.2. The zero-order valence-electron chi connectivity index (χ0n) is 10.3. The molecule has 90 valence electrons. The van der Waals surface area contributed by atoms with Gasteiger partial charge in [-0.3, -0.25) is 0 Å². The summed E-state index contributed by atoms with van der Waals surface area (Å²) in [6, 6.07) is 0. The van der Waals surface area contributed by atoms with Gasteiger partial charge in [-0.1, -0.05) is 13.8 Å². The highest BCUT2D eigenvalue weighted by molar-refractivity contribution is 7.09. The predicted octanol–water partition coefficient (Wildman–Crippen LogP) is 2.11. The van der Waals surface area contributed by atoms with Crippen molar-refractivity contribution in [2.45, 2.75) is 45.2 Å². The van der Waals surface area contributed by atoms with Crippen molar-refractivity contribution in [2.75, 3.05) is 13.1 Å². The number of aromatic nitrogens is 1. The van der Waals surface area contributed by atoms with Crippen LogP contribution in [0.5, 0.6) is 0 Å². The molecule has 1 unspecified atom stereocenters. The predicted molar refractivity (Wildman–Crippen MR) is 68.9 cm³/mol. The van der Waals surface area contributed by atoms with Crippen molar-refractivity contribution in [1.29, 1.82) is 0 Å². The highest BCUT2D eigenvalue weighted by Crippen LogP contribution is 2.20. The molecule has 1 fully saturated rings. The summed E-state index contributed by atoms with van der Waals surface area (Å²) in [7, 11) is 0. The second-order valence-electron chi connectivity index (χ2n) is 5.17. The molecule has 16 heavy (non-hydrogen) atoms. The first kappa shape index (κ1) is 12.0. The topological polar surface area (TPSA) is 37.0 Å². The second-order valence-corrected chi connectivity index (χ2v) is 6.06. The van der Waals surface area contributed by atoms with Gasteiger partial charge in [-0.05, 0) is 19.9 Å². The van der Waals surface area contributed by atoms with Gasteiger partial charge >= 0.3 is 0 Å². The van der Waals surface area contributed by atoms with E-state index >= 15 is 0 Å². The Bertz CT molecular complexity index is 340. The van der Waals surface area contributed by atoms with Crippen LogP contribution >= 0.6 is 11.3 Å². The van der Waals surface area contributed by atoms with Crippen molar-refractivity contribution >= 4 is 11.3 Å². The summed E-state index contributed by atoms with van der Waals surface area (Å²) in [5.74, 6) is 0.544. The summed E-state index contributed by atoms with van der Waals surface area (Å²) in [5, 5.41) is 10.4. The quantitative estimate of drug-likeness (QED) is 0.845. The Morgan fingerprint density at radius 2 is 2.44 bits per heavy atom. The molecule has 1 aromatic rings.